The third kappa shape index (κ3) is 3.71. The number of benzene rings is 1. The van der Waals surface area contributed by atoms with Crippen molar-refractivity contribution in [3.63, 3.8) is 0 Å². The maximum absolute atomic E-state index is 12.9. The van der Waals surface area contributed by atoms with E-state index in [-0.39, 0.29) is 17.1 Å². The molecule has 1 N–H and O–H groups in total. The summed E-state index contributed by atoms with van der Waals surface area (Å²) < 4.78 is 41.2. The number of rotatable bonds is 4. The van der Waals surface area contributed by atoms with Crippen molar-refractivity contribution in [1.29, 1.82) is 0 Å². The zero-order valence-electron chi connectivity index (χ0n) is 10.0. The van der Waals surface area contributed by atoms with Gasteiger partial charge in [0.05, 0.1) is 0 Å². The topological polar surface area (TPSA) is 51.2 Å². The number of carbonyl (C=O) groups excluding carboxylic acids is 1. The maximum atomic E-state index is 12.9. The van der Waals surface area contributed by atoms with Crippen LogP contribution in [-0.4, -0.2) is 17.5 Å². The van der Waals surface area contributed by atoms with E-state index in [9.17, 15) is 18.0 Å². The monoisotopic (exact) mass is 282 g/mol. The van der Waals surface area contributed by atoms with Crippen molar-refractivity contribution in [2.45, 2.75) is 6.61 Å². The van der Waals surface area contributed by atoms with Gasteiger partial charge in [0.1, 0.15) is 11.4 Å². The quantitative estimate of drug-likeness (QED) is 0.877. The number of alkyl halides is 2. The van der Waals surface area contributed by atoms with Crippen molar-refractivity contribution in [2.75, 3.05) is 5.32 Å². The molecule has 0 aliphatic rings. The van der Waals surface area contributed by atoms with E-state index in [2.05, 4.69) is 15.0 Å². The van der Waals surface area contributed by atoms with Crippen LogP contribution in [-0.2, 0) is 0 Å². The van der Waals surface area contributed by atoms with Crippen LogP contribution in [0, 0.1) is 5.95 Å². The molecule has 1 heterocycles. The predicted octanol–water partition coefficient (Wildman–Crippen LogP) is 3.07. The number of pyridine rings is 1. The highest BCUT2D eigenvalue weighted by Gasteiger charge is 2.10. The number of hydrogen-bond acceptors (Lipinski definition) is 3. The number of amides is 1. The first-order valence-electron chi connectivity index (χ1n) is 5.53. The second kappa shape index (κ2) is 6.05. The van der Waals surface area contributed by atoms with Gasteiger partial charge in [-0.3, -0.25) is 4.79 Å². The highest BCUT2D eigenvalue weighted by Crippen LogP contribution is 2.19. The fourth-order valence-electron chi connectivity index (χ4n) is 1.48. The summed E-state index contributed by atoms with van der Waals surface area (Å²) in [5.41, 5.74) is 0.115. The molecular formula is C13H9F3N2O2. The largest absolute Gasteiger partial charge is 0.435 e. The average molecular weight is 282 g/mol. The van der Waals surface area contributed by atoms with Crippen LogP contribution in [0.2, 0.25) is 0 Å². The molecule has 1 amide bonds. The molecule has 0 saturated heterocycles. The maximum Gasteiger partial charge on any atom is 0.387 e. The van der Waals surface area contributed by atoms with Crippen molar-refractivity contribution < 1.29 is 22.7 Å². The minimum Gasteiger partial charge on any atom is -0.435 e. The van der Waals surface area contributed by atoms with Crippen LogP contribution in [0.3, 0.4) is 0 Å². The molecule has 7 heteroatoms. The lowest BCUT2D eigenvalue weighted by Crippen LogP contribution is -2.14. The molecule has 0 spiro atoms. The van der Waals surface area contributed by atoms with Gasteiger partial charge in [-0.15, -0.1) is 0 Å². The van der Waals surface area contributed by atoms with Gasteiger partial charge < -0.3 is 10.1 Å². The summed E-state index contributed by atoms with van der Waals surface area (Å²) >= 11 is 0. The first-order chi connectivity index (χ1) is 9.54. The summed E-state index contributed by atoms with van der Waals surface area (Å²) in [4.78, 5) is 15.2. The van der Waals surface area contributed by atoms with Crippen LogP contribution < -0.4 is 10.1 Å². The molecule has 0 fully saturated rings. The van der Waals surface area contributed by atoms with Gasteiger partial charge in [0.2, 0.25) is 5.95 Å². The van der Waals surface area contributed by atoms with E-state index in [0.717, 1.165) is 6.07 Å². The number of aromatic nitrogens is 1. The molecule has 2 aromatic rings. The Hall–Kier alpha value is -2.57. The lowest BCUT2D eigenvalue weighted by atomic mass is 10.2. The Morgan fingerprint density at radius 1 is 1.20 bits per heavy atom. The first kappa shape index (κ1) is 13.9. The van der Waals surface area contributed by atoms with Crippen molar-refractivity contribution in [3.8, 4) is 5.75 Å². The van der Waals surface area contributed by atoms with Crippen LogP contribution in [0.1, 0.15) is 10.5 Å². The van der Waals surface area contributed by atoms with E-state index >= 15 is 0 Å². The highest BCUT2D eigenvalue weighted by atomic mass is 19.3. The van der Waals surface area contributed by atoms with Gasteiger partial charge in [-0.25, -0.2) is 4.98 Å². The summed E-state index contributed by atoms with van der Waals surface area (Å²) in [6, 6.07) is 9.24. The molecule has 0 aliphatic carbocycles. The van der Waals surface area contributed by atoms with E-state index in [0.29, 0.717) is 0 Å². The van der Waals surface area contributed by atoms with Gasteiger partial charge in [-0.1, -0.05) is 12.1 Å². The first-order valence-corrected chi connectivity index (χ1v) is 5.53. The van der Waals surface area contributed by atoms with Gasteiger partial charge in [-0.05, 0) is 24.3 Å². The summed E-state index contributed by atoms with van der Waals surface area (Å²) in [5.74, 6) is -1.53. The molecule has 104 valence electrons. The Labute approximate surface area is 112 Å². The summed E-state index contributed by atoms with van der Waals surface area (Å²) in [5, 5.41) is 2.41. The Kier molecular flexibility index (Phi) is 4.19. The summed E-state index contributed by atoms with van der Waals surface area (Å²) in [6.07, 6.45) is 0. The van der Waals surface area contributed by atoms with E-state index in [1.807, 2.05) is 0 Å². The van der Waals surface area contributed by atoms with Gasteiger partial charge in [-0.2, -0.15) is 13.2 Å². The number of halogens is 3. The molecule has 0 atom stereocenters. The minimum atomic E-state index is -2.95. The number of nitrogens with one attached hydrogen (secondary N) is 1. The molecule has 4 nitrogen and oxygen atoms in total. The molecule has 1 aromatic heterocycles. The van der Waals surface area contributed by atoms with Crippen molar-refractivity contribution in [3.05, 3.63) is 54.1 Å². The minimum absolute atomic E-state index is 0.0926. The Morgan fingerprint density at radius 3 is 2.65 bits per heavy atom. The number of ether oxygens (including phenoxy) is 1. The van der Waals surface area contributed by atoms with E-state index in [4.69, 9.17) is 0 Å². The second-order valence-electron chi connectivity index (χ2n) is 3.71. The third-order valence-electron chi connectivity index (χ3n) is 2.26. The number of carbonyl (C=O) groups is 1. The standard InChI is InChI=1S/C13H9F3N2O2/c14-11-6-2-5-10(18-11)12(19)17-8-3-1-4-9(7-8)20-13(15)16/h1-7,13H,(H,17,19). The summed E-state index contributed by atoms with van der Waals surface area (Å²) in [7, 11) is 0. The predicted molar refractivity (Wildman–Crippen MR) is 65.2 cm³/mol. The van der Waals surface area contributed by atoms with E-state index in [1.165, 1.54) is 36.4 Å². The Balaban J connectivity index is 2.11. The van der Waals surface area contributed by atoms with Gasteiger partial charge in [0.15, 0.2) is 0 Å². The molecule has 0 radical (unpaired) electrons. The molecule has 0 aliphatic heterocycles. The molecule has 0 bridgehead atoms. The van der Waals surface area contributed by atoms with Crippen molar-refractivity contribution in [2.24, 2.45) is 0 Å². The fourth-order valence-corrected chi connectivity index (χ4v) is 1.48. The second-order valence-corrected chi connectivity index (χ2v) is 3.71. The number of hydrogen-bond donors (Lipinski definition) is 1. The normalized spacial score (nSPS) is 10.4. The molecule has 0 saturated carbocycles. The fraction of sp³-hybridized carbons (Fsp3) is 0.0769. The van der Waals surface area contributed by atoms with Gasteiger partial charge >= 0.3 is 6.61 Å². The Morgan fingerprint density at radius 2 is 1.95 bits per heavy atom. The van der Waals surface area contributed by atoms with Crippen molar-refractivity contribution in [1.82, 2.24) is 4.98 Å². The number of anilines is 1. The smallest absolute Gasteiger partial charge is 0.387 e. The highest BCUT2D eigenvalue weighted by molar-refractivity contribution is 6.02. The zero-order chi connectivity index (χ0) is 14.5. The van der Waals surface area contributed by atoms with Crippen LogP contribution in [0.25, 0.3) is 0 Å². The average Bonchev–Trinajstić information content (AvgIpc) is 2.38. The van der Waals surface area contributed by atoms with Crippen molar-refractivity contribution >= 4 is 11.6 Å². The SMILES string of the molecule is O=C(Nc1cccc(OC(F)F)c1)c1cccc(F)n1. The molecular weight excluding hydrogens is 273 g/mol. The Bertz CT molecular complexity index is 620. The molecule has 1 aromatic carbocycles. The van der Waals surface area contributed by atoms with E-state index in [1.54, 1.807) is 0 Å². The molecule has 2 rings (SSSR count). The van der Waals surface area contributed by atoms with Crippen LogP contribution in [0.4, 0.5) is 18.9 Å². The lowest BCUT2D eigenvalue weighted by Gasteiger charge is -2.08. The van der Waals surface area contributed by atoms with Gasteiger partial charge in [0.25, 0.3) is 5.91 Å². The molecule has 20 heavy (non-hydrogen) atoms. The zero-order valence-corrected chi connectivity index (χ0v) is 10.0. The third-order valence-corrected chi connectivity index (χ3v) is 2.26. The lowest BCUT2D eigenvalue weighted by molar-refractivity contribution is -0.0497. The van der Waals surface area contributed by atoms with Gasteiger partial charge in [0, 0.05) is 11.8 Å². The molecule has 0 unspecified atom stereocenters. The van der Waals surface area contributed by atoms with Crippen LogP contribution >= 0.6 is 0 Å². The van der Waals surface area contributed by atoms with Crippen LogP contribution in [0.15, 0.2) is 42.5 Å². The van der Waals surface area contributed by atoms with E-state index < -0.39 is 18.5 Å². The van der Waals surface area contributed by atoms with Crippen LogP contribution in [0.5, 0.6) is 5.75 Å². The summed E-state index contributed by atoms with van der Waals surface area (Å²) in [6.45, 7) is -2.95. The number of nitrogens with zero attached hydrogens (tertiary/aromatic N) is 1.